The number of hydrogen-bond acceptors (Lipinski definition) is 3. The first-order valence-electron chi connectivity index (χ1n) is 5.98. The summed E-state index contributed by atoms with van der Waals surface area (Å²) in [6.45, 7) is 4.37. The molecule has 100 valence electrons. The van der Waals surface area contributed by atoms with E-state index < -0.39 is 0 Å². The molecule has 0 aliphatic carbocycles. The highest BCUT2D eigenvalue weighted by atomic mass is 79.9. The van der Waals surface area contributed by atoms with Gasteiger partial charge in [0.05, 0.1) is 0 Å². The van der Waals surface area contributed by atoms with Crippen LogP contribution in [-0.2, 0) is 0 Å². The van der Waals surface area contributed by atoms with Gasteiger partial charge in [0.25, 0.3) is 0 Å². The molecule has 1 atom stereocenters. The van der Waals surface area contributed by atoms with E-state index in [-0.39, 0.29) is 0 Å². The number of nitrogens with two attached hydrogens (primary N) is 1. The third-order valence-electron chi connectivity index (χ3n) is 2.55. The molecule has 0 heterocycles. The number of nitrogens with one attached hydrogen (secondary N) is 1. The summed E-state index contributed by atoms with van der Waals surface area (Å²) in [6, 6.07) is 6.39. The van der Waals surface area contributed by atoms with Gasteiger partial charge in [0.15, 0.2) is 0 Å². The molecule has 0 aromatic heterocycles. The second-order valence-corrected chi connectivity index (χ2v) is 6.83. The van der Waals surface area contributed by atoms with Crippen molar-refractivity contribution in [2.75, 3.05) is 16.8 Å². The minimum Gasteiger partial charge on any atom is -0.389 e. The van der Waals surface area contributed by atoms with Crippen LogP contribution in [0.4, 0.5) is 5.69 Å². The molecule has 2 nitrogen and oxygen atoms in total. The van der Waals surface area contributed by atoms with Crippen LogP contribution >= 0.6 is 39.9 Å². The van der Waals surface area contributed by atoms with E-state index in [2.05, 4.69) is 35.1 Å². The molecule has 5 heteroatoms. The predicted molar refractivity (Wildman–Crippen MR) is 90.7 cm³/mol. The lowest BCUT2D eigenvalue weighted by Crippen LogP contribution is -2.20. The van der Waals surface area contributed by atoms with Gasteiger partial charge in [0.2, 0.25) is 0 Å². The standard InChI is InChI=1S/C13H19BrN2S2/c1-3-18-7-6-9(2)16-12-5-4-10(14)8-11(12)13(15)17/h4-5,8-9,16H,3,6-7H2,1-2H3,(H2,15,17). The van der Waals surface area contributed by atoms with Gasteiger partial charge in [-0.05, 0) is 43.0 Å². The summed E-state index contributed by atoms with van der Waals surface area (Å²) in [4.78, 5) is 0.425. The zero-order valence-corrected chi connectivity index (χ0v) is 13.9. The number of thiocarbonyl (C=S) groups is 1. The highest BCUT2D eigenvalue weighted by Gasteiger charge is 2.09. The van der Waals surface area contributed by atoms with Crippen molar-refractivity contribution in [3.8, 4) is 0 Å². The molecule has 1 rings (SSSR count). The smallest absolute Gasteiger partial charge is 0.106 e. The van der Waals surface area contributed by atoms with Crippen LogP contribution in [0.25, 0.3) is 0 Å². The summed E-state index contributed by atoms with van der Waals surface area (Å²) >= 11 is 10.5. The maximum absolute atomic E-state index is 5.75. The Bertz CT molecular complexity index is 410. The first-order valence-corrected chi connectivity index (χ1v) is 8.33. The van der Waals surface area contributed by atoms with E-state index in [4.69, 9.17) is 18.0 Å². The maximum Gasteiger partial charge on any atom is 0.106 e. The summed E-state index contributed by atoms with van der Waals surface area (Å²) < 4.78 is 0.991. The van der Waals surface area contributed by atoms with E-state index in [0.29, 0.717) is 11.0 Å². The molecule has 1 unspecified atom stereocenters. The third-order valence-corrected chi connectivity index (χ3v) is 4.19. The Balaban J connectivity index is 2.68. The predicted octanol–water partition coefficient (Wildman–Crippen LogP) is 4.03. The molecule has 1 aromatic rings. The van der Waals surface area contributed by atoms with Gasteiger partial charge in [0, 0.05) is 21.8 Å². The molecule has 0 bridgehead atoms. The summed E-state index contributed by atoms with van der Waals surface area (Å²) in [5, 5.41) is 3.48. The van der Waals surface area contributed by atoms with E-state index in [1.807, 2.05) is 30.0 Å². The molecule has 0 saturated heterocycles. The zero-order chi connectivity index (χ0) is 13.5. The topological polar surface area (TPSA) is 38.0 Å². The van der Waals surface area contributed by atoms with Crippen LogP contribution in [0.5, 0.6) is 0 Å². The fourth-order valence-corrected chi connectivity index (χ4v) is 2.93. The number of thioether (sulfide) groups is 1. The summed E-state index contributed by atoms with van der Waals surface area (Å²) in [5.41, 5.74) is 7.66. The van der Waals surface area contributed by atoms with Gasteiger partial charge in [-0.2, -0.15) is 11.8 Å². The van der Waals surface area contributed by atoms with Crippen LogP contribution in [0, 0.1) is 0 Å². The Morgan fingerprint density at radius 1 is 1.56 bits per heavy atom. The highest BCUT2D eigenvalue weighted by Crippen LogP contribution is 2.22. The molecule has 0 aliphatic heterocycles. The second-order valence-electron chi connectivity index (χ2n) is 4.09. The Kier molecular flexibility index (Phi) is 7.04. The Labute approximate surface area is 127 Å². The van der Waals surface area contributed by atoms with Gasteiger partial charge in [-0.25, -0.2) is 0 Å². The molecule has 0 fully saturated rings. The van der Waals surface area contributed by atoms with Crippen molar-refractivity contribution in [3.05, 3.63) is 28.2 Å². The van der Waals surface area contributed by atoms with Gasteiger partial charge >= 0.3 is 0 Å². The molecule has 0 radical (unpaired) electrons. The monoisotopic (exact) mass is 346 g/mol. The van der Waals surface area contributed by atoms with Gasteiger partial charge in [-0.3, -0.25) is 0 Å². The number of halogens is 1. The van der Waals surface area contributed by atoms with Gasteiger partial charge in [0.1, 0.15) is 4.99 Å². The van der Waals surface area contributed by atoms with Crippen molar-refractivity contribution < 1.29 is 0 Å². The van der Waals surface area contributed by atoms with Gasteiger partial charge < -0.3 is 11.1 Å². The quantitative estimate of drug-likeness (QED) is 0.577. The van der Waals surface area contributed by atoms with Crippen molar-refractivity contribution >= 4 is 50.6 Å². The molecule has 0 spiro atoms. The Morgan fingerprint density at radius 3 is 2.89 bits per heavy atom. The fourth-order valence-electron chi connectivity index (χ4n) is 1.59. The summed E-state index contributed by atoms with van der Waals surface area (Å²) in [5.74, 6) is 2.34. The van der Waals surface area contributed by atoms with Gasteiger partial charge in [-0.15, -0.1) is 0 Å². The number of anilines is 1. The van der Waals surface area contributed by atoms with E-state index in [1.54, 1.807) is 0 Å². The van der Waals surface area contributed by atoms with E-state index in [0.717, 1.165) is 22.1 Å². The number of benzene rings is 1. The van der Waals surface area contributed by atoms with Crippen molar-refractivity contribution in [2.24, 2.45) is 5.73 Å². The third kappa shape index (κ3) is 5.16. The van der Waals surface area contributed by atoms with E-state index in [1.165, 1.54) is 11.5 Å². The molecular formula is C13H19BrN2S2. The van der Waals surface area contributed by atoms with E-state index >= 15 is 0 Å². The maximum atomic E-state index is 5.75. The SMILES string of the molecule is CCSCCC(C)Nc1ccc(Br)cc1C(N)=S. The molecular weight excluding hydrogens is 328 g/mol. The Morgan fingerprint density at radius 2 is 2.28 bits per heavy atom. The van der Waals surface area contributed by atoms with Crippen LogP contribution in [0.2, 0.25) is 0 Å². The molecule has 1 aromatic carbocycles. The van der Waals surface area contributed by atoms with Crippen LogP contribution in [0.15, 0.2) is 22.7 Å². The second kappa shape index (κ2) is 8.02. The lowest BCUT2D eigenvalue weighted by Gasteiger charge is -2.17. The van der Waals surface area contributed by atoms with Crippen molar-refractivity contribution in [3.63, 3.8) is 0 Å². The molecule has 0 amide bonds. The first kappa shape index (κ1) is 15.8. The van der Waals surface area contributed by atoms with Crippen molar-refractivity contribution in [1.29, 1.82) is 0 Å². The molecule has 18 heavy (non-hydrogen) atoms. The number of hydrogen-bond donors (Lipinski definition) is 2. The average molecular weight is 347 g/mol. The van der Waals surface area contributed by atoms with Crippen molar-refractivity contribution in [1.82, 2.24) is 0 Å². The van der Waals surface area contributed by atoms with Crippen molar-refractivity contribution in [2.45, 2.75) is 26.3 Å². The summed E-state index contributed by atoms with van der Waals surface area (Å²) in [7, 11) is 0. The first-order chi connectivity index (χ1) is 8.54. The van der Waals surface area contributed by atoms with Crippen LogP contribution in [0.3, 0.4) is 0 Å². The van der Waals surface area contributed by atoms with Crippen LogP contribution in [-0.4, -0.2) is 22.5 Å². The molecule has 3 N–H and O–H groups in total. The van der Waals surface area contributed by atoms with Gasteiger partial charge in [-0.1, -0.05) is 35.1 Å². The molecule has 0 aliphatic rings. The highest BCUT2D eigenvalue weighted by molar-refractivity contribution is 9.10. The minimum absolute atomic E-state index is 0.415. The van der Waals surface area contributed by atoms with Crippen LogP contribution in [0.1, 0.15) is 25.8 Å². The normalized spacial score (nSPS) is 12.2. The lowest BCUT2D eigenvalue weighted by molar-refractivity contribution is 0.771. The van der Waals surface area contributed by atoms with Crippen LogP contribution < -0.4 is 11.1 Å². The lowest BCUT2D eigenvalue weighted by atomic mass is 10.1. The Hall–Kier alpha value is -0.260. The fraction of sp³-hybridized carbons (Fsp3) is 0.462. The minimum atomic E-state index is 0.415. The zero-order valence-electron chi connectivity index (χ0n) is 10.7. The largest absolute Gasteiger partial charge is 0.389 e. The van der Waals surface area contributed by atoms with E-state index in [9.17, 15) is 0 Å². The molecule has 0 saturated carbocycles. The summed E-state index contributed by atoms with van der Waals surface area (Å²) in [6.07, 6.45) is 1.13. The number of rotatable bonds is 7. The average Bonchev–Trinajstić information content (AvgIpc) is 2.31.